The van der Waals surface area contributed by atoms with Crippen molar-refractivity contribution in [2.45, 2.75) is 31.7 Å². The molecule has 4 amide bonds. The van der Waals surface area contributed by atoms with Gasteiger partial charge in [-0.2, -0.15) is 0 Å². The number of hydrogen-bond acceptors (Lipinski definition) is 8. The van der Waals surface area contributed by atoms with Crippen LogP contribution in [0.2, 0.25) is 0 Å². The van der Waals surface area contributed by atoms with Crippen LogP contribution in [0, 0.1) is 5.92 Å². The number of piperazine rings is 1. The molecule has 2 aromatic rings. The highest BCUT2D eigenvalue weighted by Gasteiger charge is 2.44. The second-order valence-electron chi connectivity index (χ2n) is 11.2. The van der Waals surface area contributed by atoms with E-state index >= 15 is 0 Å². The van der Waals surface area contributed by atoms with E-state index in [9.17, 15) is 24.0 Å². The summed E-state index contributed by atoms with van der Waals surface area (Å²) in [5, 5.41) is 11.3. The molecule has 41 heavy (non-hydrogen) atoms. The fraction of sp³-hybridized carbons (Fsp3) is 0.433. The maximum atomic E-state index is 13.2. The molecule has 0 saturated carbocycles. The maximum Gasteiger partial charge on any atom is 0.335 e. The summed E-state index contributed by atoms with van der Waals surface area (Å²) in [5.41, 5.74) is 2.86. The summed E-state index contributed by atoms with van der Waals surface area (Å²) in [6, 6.07) is 11.4. The molecule has 0 radical (unpaired) electrons. The Morgan fingerprint density at radius 3 is 2.07 bits per heavy atom. The third kappa shape index (κ3) is 5.29. The van der Waals surface area contributed by atoms with Crippen molar-refractivity contribution in [3.8, 4) is 0 Å². The summed E-state index contributed by atoms with van der Waals surface area (Å²) in [7, 11) is 0. The first-order chi connectivity index (χ1) is 19.8. The van der Waals surface area contributed by atoms with Crippen LogP contribution in [0.3, 0.4) is 0 Å². The molecule has 3 fully saturated rings. The number of fused-ring (bicyclic) bond motifs is 1. The van der Waals surface area contributed by atoms with Crippen LogP contribution in [0.4, 0.5) is 11.4 Å². The quantitative estimate of drug-likeness (QED) is 0.509. The van der Waals surface area contributed by atoms with E-state index in [0.717, 1.165) is 74.9 Å². The van der Waals surface area contributed by atoms with E-state index in [1.807, 2.05) is 18.2 Å². The maximum absolute atomic E-state index is 13.2. The predicted octanol–water partition coefficient (Wildman–Crippen LogP) is 1.82. The highest BCUT2D eigenvalue weighted by molar-refractivity contribution is 6.23. The smallest absolute Gasteiger partial charge is 0.335 e. The third-order valence-corrected chi connectivity index (χ3v) is 8.77. The van der Waals surface area contributed by atoms with Crippen LogP contribution in [0.25, 0.3) is 0 Å². The molecule has 4 aliphatic rings. The fourth-order valence-corrected chi connectivity index (χ4v) is 6.40. The zero-order chi connectivity index (χ0) is 28.7. The van der Waals surface area contributed by atoms with Gasteiger partial charge in [-0.15, -0.1) is 0 Å². The largest absolute Gasteiger partial charge is 0.478 e. The molecule has 4 heterocycles. The summed E-state index contributed by atoms with van der Waals surface area (Å²) in [6.45, 7) is 6.38. The Hall–Kier alpha value is -4.25. The van der Waals surface area contributed by atoms with Gasteiger partial charge in [-0.1, -0.05) is 0 Å². The number of piperidine rings is 2. The second kappa shape index (κ2) is 11.0. The summed E-state index contributed by atoms with van der Waals surface area (Å²) in [6.07, 6.45) is 2.42. The topological polar surface area (TPSA) is 131 Å². The van der Waals surface area contributed by atoms with Gasteiger partial charge in [0.2, 0.25) is 11.8 Å². The highest BCUT2D eigenvalue weighted by Crippen LogP contribution is 2.31. The average molecular weight is 560 g/mol. The van der Waals surface area contributed by atoms with Gasteiger partial charge in [0.25, 0.3) is 11.8 Å². The van der Waals surface area contributed by atoms with Crippen LogP contribution in [0.15, 0.2) is 42.5 Å². The average Bonchev–Trinajstić information content (AvgIpc) is 3.23. The summed E-state index contributed by atoms with van der Waals surface area (Å²) >= 11 is 0. The lowest BCUT2D eigenvalue weighted by Crippen LogP contribution is -2.54. The number of carbonyl (C=O) groups excluding carboxylic acids is 4. The molecule has 11 heteroatoms. The number of carboxylic acids is 1. The molecular formula is C30H33N5O6. The number of imide groups is 2. The Morgan fingerprint density at radius 2 is 1.41 bits per heavy atom. The van der Waals surface area contributed by atoms with E-state index in [-0.39, 0.29) is 18.7 Å². The van der Waals surface area contributed by atoms with Gasteiger partial charge in [0.1, 0.15) is 6.04 Å². The van der Waals surface area contributed by atoms with Gasteiger partial charge in [0.15, 0.2) is 0 Å². The summed E-state index contributed by atoms with van der Waals surface area (Å²) in [5.74, 6) is -2.26. The lowest BCUT2D eigenvalue weighted by molar-refractivity contribution is -0.136. The number of carbonyl (C=O) groups is 5. The Morgan fingerprint density at radius 1 is 0.780 bits per heavy atom. The van der Waals surface area contributed by atoms with Crippen LogP contribution in [-0.4, -0.2) is 96.4 Å². The molecule has 1 unspecified atom stereocenters. The van der Waals surface area contributed by atoms with Gasteiger partial charge in [0, 0.05) is 63.6 Å². The molecule has 4 aliphatic heterocycles. The first-order valence-electron chi connectivity index (χ1n) is 14.2. The number of benzene rings is 2. The standard InChI is InChI=1S/C30H33N5O6/c36-26-8-7-25(27(37)31-26)35-28(38)23-6-5-22(17-24(23)29(35)39)34-15-13-32(14-16-34)18-19-9-11-33(12-10-19)21-3-1-20(2-4-21)30(40)41/h1-6,17,19,25H,7-16,18H2,(H,40,41)(H,31,36,37). The van der Waals surface area contributed by atoms with Crippen LogP contribution >= 0.6 is 0 Å². The van der Waals surface area contributed by atoms with E-state index in [4.69, 9.17) is 5.11 Å². The molecule has 2 N–H and O–H groups in total. The molecule has 11 nitrogen and oxygen atoms in total. The van der Waals surface area contributed by atoms with E-state index < -0.39 is 29.7 Å². The van der Waals surface area contributed by atoms with Crippen molar-refractivity contribution in [3.05, 3.63) is 59.2 Å². The van der Waals surface area contributed by atoms with Crippen molar-refractivity contribution in [1.82, 2.24) is 15.1 Å². The lowest BCUT2D eigenvalue weighted by Gasteiger charge is -2.40. The number of nitrogens with zero attached hydrogens (tertiary/aromatic N) is 4. The van der Waals surface area contributed by atoms with Crippen LogP contribution in [-0.2, 0) is 9.59 Å². The second-order valence-corrected chi connectivity index (χ2v) is 11.2. The van der Waals surface area contributed by atoms with Crippen molar-refractivity contribution in [3.63, 3.8) is 0 Å². The zero-order valence-corrected chi connectivity index (χ0v) is 22.8. The van der Waals surface area contributed by atoms with Crippen molar-refractivity contribution in [1.29, 1.82) is 0 Å². The summed E-state index contributed by atoms with van der Waals surface area (Å²) in [4.78, 5) is 69.2. The number of rotatable bonds is 6. The van der Waals surface area contributed by atoms with Gasteiger partial charge >= 0.3 is 5.97 Å². The summed E-state index contributed by atoms with van der Waals surface area (Å²) < 4.78 is 0. The molecule has 0 aromatic heterocycles. The van der Waals surface area contributed by atoms with Gasteiger partial charge < -0.3 is 14.9 Å². The molecule has 0 bridgehead atoms. The predicted molar refractivity (Wildman–Crippen MR) is 150 cm³/mol. The first-order valence-corrected chi connectivity index (χ1v) is 14.2. The Bertz CT molecular complexity index is 1390. The van der Waals surface area contributed by atoms with Gasteiger partial charge in [-0.3, -0.25) is 34.3 Å². The molecule has 0 spiro atoms. The molecular weight excluding hydrogens is 526 g/mol. The van der Waals surface area contributed by atoms with E-state index in [1.165, 1.54) is 0 Å². The third-order valence-electron chi connectivity index (χ3n) is 8.77. The van der Waals surface area contributed by atoms with Gasteiger partial charge in [-0.25, -0.2) is 4.79 Å². The van der Waals surface area contributed by atoms with Crippen molar-refractivity contribution >= 4 is 41.0 Å². The Balaban J connectivity index is 1.01. The van der Waals surface area contributed by atoms with Crippen molar-refractivity contribution in [2.24, 2.45) is 5.92 Å². The van der Waals surface area contributed by atoms with Crippen molar-refractivity contribution in [2.75, 3.05) is 55.6 Å². The van der Waals surface area contributed by atoms with E-state index in [0.29, 0.717) is 22.6 Å². The number of aromatic carboxylic acids is 1. The van der Waals surface area contributed by atoms with Crippen LogP contribution in [0.5, 0.6) is 0 Å². The van der Waals surface area contributed by atoms with E-state index in [2.05, 4.69) is 20.0 Å². The van der Waals surface area contributed by atoms with Gasteiger partial charge in [0.05, 0.1) is 16.7 Å². The lowest BCUT2D eigenvalue weighted by atomic mass is 9.95. The van der Waals surface area contributed by atoms with Gasteiger partial charge in [-0.05, 0) is 67.6 Å². The minimum atomic E-state index is -0.962. The molecule has 2 aromatic carbocycles. The highest BCUT2D eigenvalue weighted by atomic mass is 16.4. The minimum Gasteiger partial charge on any atom is -0.478 e. The fourth-order valence-electron chi connectivity index (χ4n) is 6.40. The van der Waals surface area contributed by atoms with Crippen LogP contribution in [0.1, 0.15) is 56.8 Å². The number of amides is 4. The zero-order valence-electron chi connectivity index (χ0n) is 22.8. The van der Waals surface area contributed by atoms with Crippen LogP contribution < -0.4 is 15.1 Å². The normalized spacial score (nSPS) is 22.2. The monoisotopic (exact) mass is 559 g/mol. The molecule has 6 rings (SSSR count). The van der Waals surface area contributed by atoms with Crippen molar-refractivity contribution < 1.29 is 29.1 Å². The first kappa shape index (κ1) is 26.9. The molecule has 1 atom stereocenters. The minimum absolute atomic E-state index is 0.0981. The number of carboxylic acid groups (broad SMARTS) is 1. The Kier molecular flexibility index (Phi) is 7.21. The number of nitrogens with one attached hydrogen (secondary N) is 1. The molecule has 0 aliphatic carbocycles. The number of anilines is 2. The Labute approximate surface area is 237 Å². The molecule has 214 valence electrons. The van der Waals surface area contributed by atoms with E-state index in [1.54, 1.807) is 24.3 Å². The SMILES string of the molecule is O=C1CCC(N2C(=O)c3ccc(N4CCN(CC5CCN(c6ccc(C(=O)O)cc6)CC5)CC4)cc3C2=O)C(=O)N1. The number of hydrogen-bond donors (Lipinski definition) is 2. The molecule has 3 saturated heterocycles.